The van der Waals surface area contributed by atoms with Gasteiger partial charge in [-0.05, 0) is 56.5 Å². The van der Waals surface area contributed by atoms with Gasteiger partial charge in [-0.3, -0.25) is 4.90 Å². The Hall–Kier alpha value is -1.13. The molecule has 0 N–H and O–H groups in total. The molecule has 0 radical (unpaired) electrons. The van der Waals surface area contributed by atoms with E-state index in [2.05, 4.69) is 35.9 Å². The highest BCUT2D eigenvalue weighted by Crippen LogP contribution is 2.33. The van der Waals surface area contributed by atoms with Crippen LogP contribution in [-0.2, 0) is 4.74 Å². The first-order chi connectivity index (χ1) is 10.8. The quantitative estimate of drug-likeness (QED) is 0.835. The van der Waals surface area contributed by atoms with E-state index >= 15 is 0 Å². The molecule has 0 aromatic carbocycles. The molecule has 3 rings (SSSR count). The van der Waals surface area contributed by atoms with Crippen molar-refractivity contribution in [2.75, 3.05) is 44.3 Å². The lowest BCUT2D eigenvalue weighted by Crippen LogP contribution is -2.37. The van der Waals surface area contributed by atoms with Crippen molar-refractivity contribution >= 4 is 5.82 Å². The Morgan fingerprint density at radius 3 is 2.82 bits per heavy atom. The SMILES string of the molecule is CCCCN1CCCC1c1cnc(N2CCOCC2)c(C)c1. The molecule has 1 unspecified atom stereocenters. The van der Waals surface area contributed by atoms with Crippen molar-refractivity contribution in [2.45, 2.75) is 45.6 Å². The van der Waals surface area contributed by atoms with E-state index in [1.54, 1.807) is 0 Å². The van der Waals surface area contributed by atoms with Crippen LogP contribution in [0.4, 0.5) is 5.82 Å². The van der Waals surface area contributed by atoms with Crippen LogP contribution in [0.15, 0.2) is 12.3 Å². The van der Waals surface area contributed by atoms with Crippen molar-refractivity contribution in [3.63, 3.8) is 0 Å². The molecule has 2 aliphatic heterocycles. The monoisotopic (exact) mass is 303 g/mol. The third-order valence-corrected chi connectivity index (χ3v) is 4.93. The molecule has 2 saturated heterocycles. The summed E-state index contributed by atoms with van der Waals surface area (Å²) >= 11 is 0. The van der Waals surface area contributed by atoms with Crippen LogP contribution >= 0.6 is 0 Å². The maximum atomic E-state index is 5.44. The number of likely N-dealkylation sites (tertiary alicyclic amines) is 1. The van der Waals surface area contributed by atoms with E-state index in [9.17, 15) is 0 Å². The van der Waals surface area contributed by atoms with E-state index in [4.69, 9.17) is 9.72 Å². The second-order valence-corrected chi connectivity index (χ2v) is 6.56. The molecule has 2 fully saturated rings. The van der Waals surface area contributed by atoms with Crippen LogP contribution in [0.2, 0.25) is 0 Å². The van der Waals surface area contributed by atoms with Crippen LogP contribution in [0.3, 0.4) is 0 Å². The topological polar surface area (TPSA) is 28.6 Å². The minimum absolute atomic E-state index is 0.580. The molecule has 0 saturated carbocycles. The van der Waals surface area contributed by atoms with Gasteiger partial charge in [-0.2, -0.15) is 0 Å². The van der Waals surface area contributed by atoms with Gasteiger partial charge in [-0.15, -0.1) is 0 Å². The highest BCUT2D eigenvalue weighted by Gasteiger charge is 2.26. The molecular formula is C18H29N3O. The van der Waals surface area contributed by atoms with Crippen LogP contribution in [0, 0.1) is 6.92 Å². The zero-order valence-corrected chi connectivity index (χ0v) is 14.1. The van der Waals surface area contributed by atoms with E-state index in [0.717, 1.165) is 32.1 Å². The predicted molar refractivity (Wildman–Crippen MR) is 90.5 cm³/mol. The Morgan fingerprint density at radius 1 is 1.27 bits per heavy atom. The molecule has 1 aromatic rings. The van der Waals surface area contributed by atoms with Crippen LogP contribution in [0.5, 0.6) is 0 Å². The average molecular weight is 303 g/mol. The van der Waals surface area contributed by atoms with Gasteiger partial charge in [0.05, 0.1) is 13.2 Å². The molecule has 3 heterocycles. The molecular weight excluding hydrogens is 274 g/mol. The fourth-order valence-corrected chi connectivity index (χ4v) is 3.71. The number of pyridine rings is 1. The van der Waals surface area contributed by atoms with Gasteiger partial charge >= 0.3 is 0 Å². The number of hydrogen-bond acceptors (Lipinski definition) is 4. The fourth-order valence-electron chi connectivity index (χ4n) is 3.71. The zero-order chi connectivity index (χ0) is 15.4. The minimum atomic E-state index is 0.580. The molecule has 0 amide bonds. The van der Waals surface area contributed by atoms with Gasteiger partial charge in [-0.1, -0.05) is 13.3 Å². The van der Waals surface area contributed by atoms with Crippen molar-refractivity contribution < 1.29 is 4.74 Å². The van der Waals surface area contributed by atoms with Crippen LogP contribution in [0.1, 0.15) is 49.8 Å². The van der Waals surface area contributed by atoms with Crippen LogP contribution in [-0.4, -0.2) is 49.3 Å². The molecule has 1 atom stereocenters. The van der Waals surface area contributed by atoms with E-state index in [0.29, 0.717) is 6.04 Å². The van der Waals surface area contributed by atoms with Gasteiger partial charge in [0.15, 0.2) is 0 Å². The van der Waals surface area contributed by atoms with Crippen molar-refractivity contribution in [3.8, 4) is 0 Å². The van der Waals surface area contributed by atoms with E-state index in [1.807, 2.05) is 0 Å². The Labute approximate surface area is 134 Å². The first-order valence-electron chi connectivity index (χ1n) is 8.83. The Kier molecular flexibility index (Phi) is 5.32. The summed E-state index contributed by atoms with van der Waals surface area (Å²) in [5, 5.41) is 0. The molecule has 0 spiro atoms. The molecule has 22 heavy (non-hydrogen) atoms. The van der Waals surface area contributed by atoms with E-state index in [1.165, 1.54) is 49.9 Å². The lowest BCUT2D eigenvalue weighted by Gasteiger charge is -2.30. The lowest BCUT2D eigenvalue weighted by molar-refractivity contribution is 0.122. The van der Waals surface area contributed by atoms with E-state index in [-0.39, 0.29) is 0 Å². The Bertz CT molecular complexity index is 485. The highest BCUT2D eigenvalue weighted by atomic mass is 16.5. The van der Waals surface area contributed by atoms with Crippen molar-refractivity contribution in [3.05, 3.63) is 23.4 Å². The van der Waals surface area contributed by atoms with E-state index < -0.39 is 0 Å². The van der Waals surface area contributed by atoms with Crippen molar-refractivity contribution in [1.29, 1.82) is 0 Å². The zero-order valence-electron chi connectivity index (χ0n) is 14.1. The molecule has 122 valence electrons. The first-order valence-corrected chi connectivity index (χ1v) is 8.83. The maximum absolute atomic E-state index is 5.44. The lowest BCUT2D eigenvalue weighted by atomic mass is 10.0. The van der Waals surface area contributed by atoms with Crippen LogP contribution in [0.25, 0.3) is 0 Å². The Balaban J connectivity index is 1.73. The number of morpholine rings is 1. The third-order valence-electron chi connectivity index (χ3n) is 4.93. The van der Waals surface area contributed by atoms with Gasteiger partial charge in [0.25, 0.3) is 0 Å². The molecule has 0 bridgehead atoms. The summed E-state index contributed by atoms with van der Waals surface area (Å²) in [4.78, 5) is 9.81. The number of aryl methyl sites for hydroxylation is 1. The summed E-state index contributed by atoms with van der Waals surface area (Å²) in [5.41, 5.74) is 2.71. The number of aromatic nitrogens is 1. The third kappa shape index (κ3) is 3.44. The molecule has 4 nitrogen and oxygen atoms in total. The predicted octanol–water partition coefficient (Wildman–Crippen LogP) is 3.16. The number of unbranched alkanes of at least 4 members (excludes halogenated alkanes) is 1. The number of ether oxygens (including phenoxy) is 1. The van der Waals surface area contributed by atoms with Gasteiger partial charge in [0.1, 0.15) is 5.82 Å². The number of anilines is 1. The minimum Gasteiger partial charge on any atom is -0.378 e. The summed E-state index contributed by atoms with van der Waals surface area (Å²) in [6, 6.07) is 2.95. The maximum Gasteiger partial charge on any atom is 0.131 e. The number of nitrogens with zero attached hydrogens (tertiary/aromatic N) is 3. The summed E-state index contributed by atoms with van der Waals surface area (Å²) in [6.45, 7) is 10.5. The second-order valence-electron chi connectivity index (χ2n) is 6.56. The van der Waals surface area contributed by atoms with Crippen molar-refractivity contribution in [2.24, 2.45) is 0 Å². The molecule has 1 aromatic heterocycles. The largest absolute Gasteiger partial charge is 0.378 e. The Morgan fingerprint density at radius 2 is 2.09 bits per heavy atom. The molecule has 2 aliphatic rings. The first kappa shape index (κ1) is 15.8. The summed E-state index contributed by atoms with van der Waals surface area (Å²) in [6.07, 6.45) is 7.29. The van der Waals surface area contributed by atoms with Gasteiger partial charge in [0.2, 0.25) is 0 Å². The van der Waals surface area contributed by atoms with Crippen LogP contribution < -0.4 is 4.90 Å². The standard InChI is InChI=1S/C18H29N3O/c1-3-4-7-20-8-5-6-17(20)16-13-15(2)18(19-14-16)21-9-11-22-12-10-21/h13-14,17H,3-12H2,1-2H3. The summed E-state index contributed by atoms with van der Waals surface area (Å²) < 4.78 is 5.44. The van der Waals surface area contributed by atoms with Gasteiger partial charge in [0, 0.05) is 25.3 Å². The fraction of sp³-hybridized carbons (Fsp3) is 0.722. The summed E-state index contributed by atoms with van der Waals surface area (Å²) in [7, 11) is 0. The smallest absolute Gasteiger partial charge is 0.131 e. The average Bonchev–Trinajstić information content (AvgIpc) is 3.02. The van der Waals surface area contributed by atoms with Gasteiger partial charge < -0.3 is 9.64 Å². The van der Waals surface area contributed by atoms with Crippen molar-refractivity contribution in [1.82, 2.24) is 9.88 Å². The summed E-state index contributed by atoms with van der Waals surface area (Å²) in [5.74, 6) is 1.14. The molecule has 0 aliphatic carbocycles. The number of rotatable bonds is 5. The highest BCUT2D eigenvalue weighted by molar-refractivity contribution is 5.48. The molecule has 4 heteroatoms. The number of hydrogen-bond donors (Lipinski definition) is 0. The van der Waals surface area contributed by atoms with Gasteiger partial charge in [-0.25, -0.2) is 4.98 Å². The second kappa shape index (κ2) is 7.42. The normalized spacial score (nSPS) is 23.2.